The normalized spacial score (nSPS) is 17.4. The molecule has 0 saturated carbocycles. The molecule has 1 saturated heterocycles. The number of ether oxygens (including phenoxy) is 1. The maximum atomic E-state index is 12.5. The van der Waals surface area contributed by atoms with Crippen LogP contribution in [0.5, 0.6) is 0 Å². The third kappa shape index (κ3) is 5.63. The van der Waals surface area contributed by atoms with Gasteiger partial charge >= 0.3 is 6.09 Å². The number of likely N-dealkylation sites (tertiary alicyclic amines) is 1. The predicted octanol–water partition coefficient (Wildman–Crippen LogP) is 3.65. The van der Waals surface area contributed by atoms with Crippen LogP contribution in [0.1, 0.15) is 38.7 Å². The number of halogens is 1. The van der Waals surface area contributed by atoms with Crippen LogP contribution >= 0.6 is 11.6 Å². The summed E-state index contributed by atoms with van der Waals surface area (Å²) >= 11 is 5.73. The molecule has 0 spiro atoms. The highest BCUT2D eigenvalue weighted by Crippen LogP contribution is 2.20. The first-order chi connectivity index (χ1) is 12.0. The lowest BCUT2D eigenvalue weighted by Crippen LogP contribution is -2.52. The van der Waals surface area contributed by atoms with Crippen LogP contribution in [0.25, 0.3) is 0 Å². The molecule has 1 fully saturated rings. The molecule has 1 atom stereocenters. The van der Waals surface area contributed by atoms with E-state index < -0.39 is 0 Å². The molecule has 1 aliphatic heterocycles. The lowest BCUT2D eigenvalue weighted by Gasteiger charge is -2.39. The fraction of sp³-hybridized carbons (Fsp3) is 0.579. The van der Waals surface area contributed by atoms with Gasteiger partial charge in [0.25, 0.3) is 0 Å². The summed E-state index contributed by atoms with van der Waals surface area (Å²) in [5.41, 5.74) is 0.963. The Morgan fingerprint density at radius 2 is 2.00 bits per heavy atom. The molecule has 1 heterocycles. The second-order valence-corrected chi connectivity index (χ2v) is 6.92. The first-order valence-electron chi connectivity index (χ1n) is 8.85. The van der Waals surface area contributed by atoms with E-state index in [1.807, 2.05) is 44.2 Å². The van der Waals surface area contributed by atoms with Crippen molar-refractivity contribution >= 4 is 23.6 Å². The summed E-state index contributed by atoms with van der Waals surface area (Å²) < 4.78 is 5.48. The highest BCUT2D eigenvalue weighted by atomic mass is 35.5. The minimum atomic E-state index is -0.310. The molecule has 6 heteroatoms. The number of amides is 2. The summed E-state index contributed by atoms with van der Waals surface area (Å²) in [6, 6.07) is 9.67. The van der Waals surface area contributed by atoms with Crippen molar-refractivity contribution in [1.82, 2.24) is 9.80 Å². The lowest BCUT2D eigenvalue weighted by molar-refractivity contribution is -0.131. The average Bonchev–Trinajstić information content (AvgIpc) is 2.64. The van der Waals surface area contributed by atoms with E-state index in [4.69, 9.17) is 16.3 Å². The van der Waals surface area contributed by atoms with Gasteiger partial charge in [-0.25, -0.2) is 4.79 Å². The molecule has 0 unspecified atom stereocenters. The van der Waals surface area contributed by atoms with Crippen molar-refractivity contribution in [2.75, 3.05) is 19.0 Å². The zero-order chi connectivity index (χ0) is 18.2. The number of carbonyl (C=O) groups is 2. The van der Waals surface area contributed by atoms with Gasteiger partial charge in [-0.3, -0.25) is 4.79 Å². The topological polar surface area (TPSA) is 49.9 Å². The fourth-order valence-electron chi connectivity index (χ4n) is 3.14. The summed E-state index contributed by atoms with van der Waals surface area (Å²) in [4.78, 5) is 28.1. The maximum Gasteiger partial charge on any atom is 0.410 e. The minimum absolute atomic E-state index is 0.0217. The summed E-state index contributed by atoms with van der Waals surface area (Å²) in [5, 5.41) is 0. The molecule has 0 radical (unpaired) electrons. The van der Waals surface area contributed by atoms with Crippen LogP contribution in [0.4, 0.5) is 4.79 Å². The zero-order valence-corrected chi connectivity index (χ0v) is 15.7. The van der Waals surface area contributed by atoms with Crippen molar-refractivity contribution in [3.8, 4) is 0 Å². The number of benzene rings is 1. The summed E-state index contributed by atoms with van der Waals surface area (Å²) in [6.07, 6.45) is 2.57. The predicted molar refractivity (Wildman–Crippen MR) is 98.5 cm³/mol. The number of rotatable bonds is 6. The molecule has 2 rings (SSSR count). The number of carbonyl (C=O) groups excluding carboxylic acids is 2. The van der Waals surface area contributed by atoms with E-state index in [1.54, 1.807) is 9.80 Å². The van der Waals surface area contributed by atoms with Gasteiger partial charge in [-0.2, -0.15) is 0 Å². The fourth-order valence-corrected chi connectivity index (χ4v) is 3.29. The van der Waals surface area contributed by atoms with E-state index in [-0.39, 0.29) is 36.6 Å². The van der Waals surface area contributed by atoms with Crippen LogP contribution in [0.2, 0.25) is 0 Å². The largest absolute Gasteiger partial charge is 0.445 e. The van der Waals surface area contributed by atoms with E-state index in [0.717, 1.165) is 24.8 Å². The van der Waals surface area contributed by atoms with Gasteiger partial charge in [-0.1, -0.05) is 30.3 Å². The molecule has 0 bridgehead atoms. The standard InChI is InChI=1S/C19H27ClN2O3/c1-15(2)22(18(23)12-20)13-17-10-6-7-11-21(17)19(24)25-14-16-8-4-3-5-9-16/h3-5,8-9,15,17H,6-7,10-14H2,1-2H3/t17-/m1/s1. The first kappa shape index (κ1) is 19.6. The Bertz CT molecular complexity index is 565. The number of nitrogens with zero attached hydrogens (tertiary/aromatic N) is 2. The Morgan fingerprint density at radius 1 is 1.28 bits per heavy atom. The van der Waals surface area contributed by atoms with Crippen LogP contribution < -0.4 is 0 Å². The number of piperidine rings is 1. The third-order valence-electron chi connectivity index (χ3n) is 4.53. The molecule has 1 aliphatic rings. The molecular weight excluding hydrogens is 340 g/mol. The van der Waals surface area contributed by atoms with Crippen molar-refractivity contribution in [1.29, 1.82) is 0 Å². The van der Waals surface area contributed by atoms with E-state index in [0.29, 0.717) is 13.1 Å². The van der Waals surface area contributed by atoms with Crippen molar-refractivity contribution < 1.29 is 14.3 Å². The van der Waals surface area contributed by atoms with Gasteiger partial charge in [0.1, 0.15) is 12.5 Å². The number of alkyl halides is 1. The van der Waals surface area contributed by atoms with Gasteiger partial charge in [0.05, 0.1) is 6.04 Å². The van der Waals surface area contributed by atoms with E-state index in [2.05, 4.69) is 0 Å². The molecular formula is C19H27ClN2O3. The molecule has 1 aromatic rings. The second-order valence-electron chi connectivity index (χ2n) is 6.66. The molecule has 0 aromatic heterocycles. The molecule has 0 aliphatic carbocycles. The van der Waals surface area contributed by atoms with Gasteiger partial charge < -0.3 is 14.5 Å². The number of hydrogen-bond acceptors (Lipinski definition) is 3. The smallest absolute Gasteiger partial charge is 0.410 e. The SMILES string of the molecule is CC(C)N(C[C@H]1CCCCN1C(=O)OCc1ccccc1)C(=O)CCl. The molecule has 0 N–H and O–H groups in total. The van der Waals surface area contributed by atoms with E-state index in [9.17, 15) is 9.59 Å². The summed E-state index contributed by atoms with van der Waals surface area (Å²) in [5.74, 6) is -0.136. The quantitative estimate of drug-likeness (QED) is 0.722. The van der Waals surface area contributed by atoms with Gasteiger partial charge in [-0.15, -0.1) is 11.6 Å². The second kappa shape index (κ2) is 9.66. The molecule has 138 valence electrons. The van der Waals surface area contributed by atoms with Crippen LogP contribution in [-0.2, 0) is 16.1 Å². The van der Waals surface area contributed by atoms with E-state index >= 15 is 0 Å². The summed E-state index contributed by atoms with van der Waals surface area (Å²) in [6.45, 7) is 5.36. The lowest BCUT2D eigenvalue weighted by atomic mass is 10.0. The molecule has 1 aromatic carbocycles. The van der Waals surface area contributed by atoms with E-state index in [1.165, 1.54) is 0 Å². The maximum absolute atomic E-state index is 12.5. The van der Waals surface area contributed by atoms with Gasteiger partial charge in [0.15, 0.2) is 0 Å². The van der Waals surface area contributed by atoms with Crippen LogP contribution in [-0.4, -0.2) is 52.9 Å². The highest BCUT2D eigenvalue weighted by Gasteiger charge is 2.31. The summed E-state index contributed by atoms with van der Waals surface area (Å²) in [7, 11) is 0. The Labute approximate surface area is 154 Å². The van der Waals surface area contributed by atoms with Crippen molar-refractivity contribution in [2.24, 2.45) is 0 Å². The Kier molecular flexibility index (Phi) is 7.56. The Morgan fingerprint density at radius 3 is 2.64 bits per heavy atom. The van der Waals surface area contributed by atoms with Gasteiger partial charge in [-0.05, 0) is 38.7 Å². The van der Waals surface area contributed by atoms with Gasteiger partial charge in [0, 0.05) is 19.1 Å². The van der Waals surface area contributed by atoms with Crippen LogP contribution in [0.15, 0.2) is 30.3 Å². The Balaban J connectivity index is 1.98. The minimum Gasteiger partial charge on any atom is -0.445 e. The molecule has 2 amide bonds. The van der Waals surface area contributed by atoms with Gasteiger partial charge in [0.2, 0.25) is 5.91 Å². The average molecular weight is 367 g/mol. The molecule has 5 nitrogen and oxygen atoms in total. The van der Waals surface area contributed by atoms with Crippen molar-refractivity contribution in [3.63, 3.8) is 0 Å². The zero-order valence-electron chi connectivity index (χ0n) is 15.0. The van der Waals surface area contributed by atoms with Crippen molar-refractivity contribution in [3.05, 3.63) is 35.9 Å². The first-order valence-corrected chi connectivity index (χ1v) is 9.39. The van der Waals surface area contributed by atoms with Crippen LogP contribution in [0.3, 0.4) is 0 Å². The Hall–Kier alpha value is -1.75. The number of hydrogen-bond donors (Lipinski definition) is 0. The highest BCUT2D eigenvalue weighted by molar-refractivity contribution is 6.27. The van der Waals surface area contributed by atoms with Crippen LogP contribution in [0, 0.1) is 0 Å². The van der Waals surface area contributed by atoms with Crippen molar-refractivity contribution in [2.45, 2.75) is 51.8 Å². The molecule has 25 heavy (non-hydrogen) atoms. The monoisotopic (exact) mass is 366 g/mol. The third-order valence-corrected chi connectivity index (χ3v) is 4.76.